The van der Waals surface area contributed by atoms with Crippen LogP contribution in [0.25, 0.3) is 0 Å². The molecule has 1 aromatic rings. The number of hydrogen-bond acceptors (Lipinski definition) is 5. The van der Waals surface area contributed by atoms with Crippen molar-refractivity contribution in [2.24, 2.45) is 5.41 Å². The molecule has 1 aromatic heterocycles. The van der Waals surface area contributed by atoms with Gasteiger partial charge in [0.25, 0.3) is 0 Å². The fourth-order valence-corrected chi connectivity index (χ4v) is 3.29. The van der Waals surface area contributed by atoms with Crippen LogP contribution in [-0.4, -0.2) is 26.7 Å². The number of nitrogens with zero attached hydrogens (tertiary/aromatic N) is 2. The summed E-state index contributed by atoms with van der Waals surface area (Å²) in [6, 6.07) is 1.60. The maximum Gasteiger partial charge on any atom is 0.304 e. The summed E-state index contributed by atoms with van der Waals surface area (Å²) in [5, 5.41) is 20.2. The summed E-state index contributed by atoms with van der Waals surface area (Å²) in [4.78, 5) is 25.4. The van der Waals surface area contributed by atoms with Crippen LogP contribution in [0.4, 0.5) is 5.69 Å². The SMILES string of the molecule is Cc1ccnc(SCC2(CC(=O)O)CC2)c1[N+](=O)[O-]. The third kappa shape index (κ3) is 3.23. The summed E-state index contributed by atoms with van der Waals surface area (Å²) < 4.78 is 0. The largest absolute Gasteiger partial charge is 0.481 e. The van der Waals surface area contributed by atoms with Gasteiger partial charge in [0, 0.05) is 17.5 Å². The number of aryl methyl sites for hydroxylation is 1. The molecule has 7 heteroatoms. The Balaban J connectivity index is 2.10. The van der Waals surface area contributed by atoms with Crippen molar-refractivity contribution in [3.63, 3.8) is 0 Å². The Hall–Kier alpha value is -1.63. The highest BCUT2D eigenvalue weighted by Crippen LogP contribution is 2.52. The fraction of sp³-hybridized carbons (Fsp3) is 0.500. The van der Waals surface area contributed by atoms with Gasteiger partial charge in [-0.1, -0.05) is 11.8 Å². The third-order valence-electron chi connectivity index (χ3n) is 3.27. The molecule has 0 bridgehead atoms. The minimum atomic E-state index is -0.815. The van der Waals surface area contributed by atoms with Crippen LogP contribution in [0.15, 0.2) is 17.3 Å². The van der Waals surface area contributed by atoms with Gasteiger partial charge in [-0.25, -0.2) is 4.98 Å². The molecule has 19 heavy (non-hydrogen) atoms. The summed E-state index contributed by atoms with van der Waals surface area (Å²) in [6.07, 6.45) is 3.40. The van der Waals surface area contributed by atoms with Crippen molar-refractivity contribution in [1.82, 2.24) is 4.98 Å². The van der Waals surface area contributed by atoms with Crippen molar-refractivity contribution in [3.8, 4) is 0 Å². The number of aromatic nitrogens is 1. The first kappa shape index (κ1) is 13.8. The van der Waals surface area contributed by atoms with Gasteiger partial charge < -0.3 is 5.11 Å². The molecule has 1 fully saturated rings. The molecule has 0 spiro atoms. The molecule has 0 saturated heterocycles. The van der Waals surface area contributed by atoms with Crippen molar-refractivity contribution in [1.29, 1.82) is 0 Å². The van der Waals surface area contributed by atoms with Gasteiger partial charge in [-0.05, 0) is 31.2 Å². The molecular weight excluding hydrogens is 268 g/mol. The second-order valence-corrected chi connectivity index (χ2v) is 5.86. The van der Waals surface area contributed by atoms with Crippen LogP contribution < -0.4 is 0 Å². The van der Waals surface area contributed by atoms with E-state index in [0.717, 1.165) is 12.8 Å². The van der Waals surface area contributed by atoms with Gasteiger partial charge in [0.2, 0.25) is 0 Å². The lowest BCUT2D eigenvalue weighted by molar-refractivity contribution is -0.388. The van der Waals surface area contributed by atoms with Crippen LogP contribution in [-0.2, 0) is 4.79 Å². The van der Waals surface area contributed by atoms with Gasteiger partial charge in [-0.15, -0.1) is 0 Å². The highest BCUT2D eigenvalue weighted by Gasteiger charge is 2.44. The number of carbonyl (C=O) groups is 1. The molecular formula is C12H14N2O4S. The smallest absolute Gasteiger partial charge is 0.304 e. The molecule has 0 atom stereocenters. The Morgan fingerprint density at radius 3 is 2.84 bits per heavy atom. The Labute approximate surface area is 114 Å². The summed E-state index contributed by atoms with van der Waals surface area (Å²) in [5.74, 6) is -0.249. The number of carboxylic acid groups (broad SMARTS) is 1. The van der Waals surface area contributed by atoms with Gasteiger partial charge in [-0.2, -0.15) is 0 Å². The lowest BCUT2D eigenvalue weighted by atomic mass is 10.1. The van der Waals surface area contributed by atoms with E-state index >= 15 is 0 Å². The summed E-state index contributed by atoms with van der Waals surface area (Å²) >= 11 is 1.28. The number of pyridine rings is 1. The topological polar surface area (TPSA) is 93.3 Å². The molecule has 0 radical (unpaired) electrons. The molecule has 0 amide bonds. The van der Waals surface area contributed by atoms with Crippen LogP contribution in [0.5, 0.6) is 0 Å². The molecule has 0 aromatic carbocycles. The molecule has 1 N–H and O–H groups in total. The van der Waals surface area contributed by atoms with E-state index in [1.165, 1.54) is 11.8 Å². The third-order valence-corrected chi connectivity index (χ3v) is 4.60. The Kier molecular flexibility index (Phi) is 3.75. The van der Waals surface area contributed by atoms with E-state index in [9.17, 15) is 14.9 Å². The standard InChI is InChI=1S/C12H14N2O4S/c1-8-2-5-13-11(10(8)14(17)18)19-7-12(3-4-12)6-9(15)16/h2,5H,3-4,6-7H2,1H3,(H,15,16). The molecule has 0 unspecified atom stereocenters. The van der Waals surface area contributed by atoms with Gasteiger partial charge in [-0.3, -0.25) is 14.9 Å². The zero-order valence-electron chi connectivity index (χ0n) is 10.5. The van der Waals surface area contributed by atoms with Crippen molar-refractivity contribution in [2.75, 3.05) is 5.75 Å². The van der Waals surface area contributed by atoms with Gasteiger partial charge in [0.05, 0.1) is 11.3 Å². The highest BCUT2D eigenvalue weighted by molar-refractivity contribution is 7.99. The Morgan fingerprint density at radius 2 is 2.32 bits per heavy atom. The predicted octanol–water partition coefficient (Wildman–Crippen LogP) is 2.65. The van der Waals surface area contributed by atoms with Crippen molar-refractivity contribution in [2.45, 2.75) is 31.2 Å². The highest BCUT2D eigenvalue weighted by atomic mass is 32.2. The second kappa shape index (κ2) is 5.16. The summed E-state index contributed by atoms with van der Waals surface area (Å²) in [5.41, 5.74) is 0.403. The van der Waals surface area contributed by atoms with Crippen molar-refractivity contribution in [3.05, 3.63) is 27.9 Å². The normalized spacial score (nSPS) is 16.1. The van der Waals surface area contributed by atoms with E-state index in [1.54, 1.807) is 19.2 Å². The molecule has 1 aliphatic carbocycles. The zero-order valence-corrected chi connectivity index (χ0v) is 11.3. The molecule has 6 nitrogen and oxygen atoms in total. The van der Waals surface area contributed by atoms with Crippen molar-refractivity contribution < 1.29 is 14.8 Å². The Bertz CT molecular complexity index is 528. The van der Waals surface area contributed by atoms with E-state index < -0.39 is 10.9 Å². The van der Waals surface area contributed by atoms with E-state index in [0.29, 0.717) is 16.3 Å². The average Bonchev–Trinajstić information content (AvgIpc) is 3.05. The molecule has 102 valence electrons. The minimum Gasteiger partial charge on any atom is -0.481 e. The zero-order chi connectivity index (χ0) is 14.0. The molecule has 0 aliphatic heterocycles. The number of hydrogen-bond donors (Lipinski definition) is 1. The minimum absolute atomic E-state index is 0.0265. The number of rotatable bonds is 6. The van der Waals surface area contributed by atoms with E-state index in [4.69, 9.17) is 5.11 Å². The maximum atomic E-state index is 11.0. The quantitative estimate of drug-likeness (QED) is 0.489. The summed E-state index contributed by atoms with van der Waals surface area (Å²) in [7, 11) is 0. The van der Waals surface area contributed by atoms with Gasteiger partial charge >= 0.3 is 11.7 Å². The first-order valence-corrected chi connectivity index (χ1v) is 6.87. The molecule has 1 heterocycles. The van der Waals surface area contributed by atoms with Crippen LogP contribution in [0, 0.1) is 22.5 Å². The second-order valence-electron chi connectivity index (χ2n) is 4.90. The fourth-order valence-electron chi connectivity index (χ4n) is 1.94. The first-order valence-electron chi connectivity index (χ1n) is 5.88. The monoisotopic (exact) mass is 282 g/mol. The van der Waals surface area contributed by atoms with E-state index in [1.807, 2.05) is 0 Å². The Morgan fingerprint density at radius 1 is 1.63 bits per heavy atom. The van der Waals surface area contributed by atoms with Crippen LogP contribution in [0.2, 0.25) is 0 Å². The number of carboxylic acids is 1. The first-order chi connectivity index (χ1) is 8.93. The lowest BCUT2D eigenvalue weighted by Gasteiger charge is -2.11. The number of thioether (sulfide) groups is 1. The average molecular weight is 282 g/mol. The molecule has 1 aliphatic rings. The number of aliphatic carboxylic acids is 1. The van der Waals surface area contributed by atoms with Crippen LogP contribution in [0.3, 0.4) is 0 Å². The van der Waals surface area contributed by atoms with Gasteiger partial charge in [0.1, 0.15) is 0 Å². The number of nitro groups is 1. The van der Waals surface area contributed by atoms with Crippen molar-refractivity contribution >= 4 is 23.4 Å². The van der Waals surface area contributed by atoms with E-state index in [2.05, 4.69) is 4.98 Å². The van der Waals surface area contributed by atoms with Gasteiger partial charge in [0.15, 0.2) is 5.03 Å². The van der Waals surface area contributed by atoms with Crippen LogP contribution in [0.1, 0.15) is 24.8 Å². The van der Waals surface area contributed by atoms with E-state index in [-0.39, 0.29) is 17.5 Å². The maximum absolute atomic E-state index is 11.0. The molecule has 1 saturated carbocycles. The lowest BCUT2D eigenvalue weighted by Crippen LogP contribution is -2.11. The van der Waals surface area contributed by atoms with Crippen LogP contribution >= 0.6 is 11.8 Å². The molecule has 2 rings (SSSR count). The predicted molar refractivity (Wildman–Crippen MR) is 70.3 cm³/mol. The summed E-state index contributed by atoms with van der Waals surface area (Å²) in [6.45, 7) is 1.67.